The van der Waals surface area contributed by atoms with Crippen molar-refractivity contribution in [1.82, 2.24) is 5.32 Å². The Balaban J connectivity index is 3.83. The van der Waals surface area contributed by atoms with Crippen LogP contribution in [0.1, 0.15) is 13.3 Å². The van der Waals surface area contributed by atoms with Crippen molar-refractivity contribution < 1.29 is 19.0 Å². The van der Waals surface area contributed by atoms with Gasteiger partial charge in [-0.05, 0) is 20.4 Å². The molecule has 5 heteroatoms. The lowest BCUT2D eigenvalue weighted by Crippen LogP contribution is -2.52. The molecule has 1 N–H and O–H groups in total. The van der Waals surface area contributed by atoms with Crippen LogP contribution in [0.2, 0.25) is 0 Å². The number of nitrogens with one attached hydrogen (secondary N) is 1. The van der Waals surface area contributed by atoms with Crippen molar-refractivity contribution in [2.24, 2.45) is 0 Å². The molecule has 0 aromatic rings. The minimum atomic E-state index is -0.776. The van der Waals surface area contributed by atoms with E-state index in [0.717, 1.165) is 6.42 Å². The third kappa shape index (κ3) is 5.11. The van der Waals surface area contributed by atoms with Crippen molar-refractivity contribution in [2.75, 3.05) is 41.1 Å². The first-order valence-electron chi connectivity index (χ1n) is 4.94. The van der Waals surface area contributed by atoms with Gasteiger partial charge in [0.2, 0.25) is 0 Å². The van der Waals surface area contributed by atoms with Gasteiger partial charge in [-0.2, -0.15) is 0 Å². The molecule has 0 aliphatic carbocycles. The van der Waals surface area contributed by atoms with E-state index in [1.807, 2.05) is 0 Å². The summed E-state index contributed by atoms with van der Waals surface area (Å²) < 4.78 is 14.9. The Hall–Kier alpha value is -0.650. The molecule has 0 amide bonds. The van der Waals surface area contributed by atoms with E-state index in [1.54, 1.807) is 21.1 Å². The molecule has 0 heterocycles. The highest BCUT2D eigenvalue weighted by molar-refractivity contribution is 5.80. The Bertz CT molecular complexity index is 186. The van der Waals surface area contributed by atoms with Gasteiger partial charge in [0.05, 0.1) is 13.7 Å². The second kappa shape index (κ2) is 7.62. The maximum absolute atomic E-state index is 11.4. The second-order valence-corrected chi connectivity index (χ2v) is 3.47. The zero-order chi connectivity index (χ0) is 11.7. The first-order valence-corrected chi connectivity index (χ1v) is 4.94. The summed E-state index contributed by atoms with van der Waals surface area (Å²) in [7, 11) is 4.71. The second-order valence-electron chi connectivity index (χ2n) is 3.47. The van der Waals surface area contributed by atoms with Crippen LogP contribution in [0.25, 0.3) is 0 Å². The third-order valence-electron chi connectivity index (χ3n) is 2.22. The number of hydrogen-bond donors (Lipinski definition) is 1. The zero-order valence-corrected chi connectivity index (χ0v) is 9.96. The molecule has 0 radical (unpaired) electrons. The van der Waals surface area contributed by atoms with Gasteiger partial charge in [0.15, 0.2) is 0 Å². The molecule has 5 nitrogen and oxygen atoms in total. The van der Waals surface area contributed by atoms with Gasteiger partial charge in [-0.15, -0.1) is 0 Å². The SMILES string of the molecule is CNC(C)(COCCCOC)C(=O)OC. The molecule has 0 aromatic carbocycles. The lowest BCUT2D eigenvalue weighted by Gasteiger charge is -2.25. The summed E-state index contributed by atoms with van der Waals surface area (Å²) >= 11 is 0. The quantitative estimate of drug-likeness (QED) is 0.466. The highest BCUT2D eigenvalue weighted by Gasteiger charge is 2.32. The van der Waals surface area contributed by atoms with Gasteiger partial charge in [-0.1, -0.05) is 0 Å². The molecular weight excluding hydrogens is 198 g/mol. The number of carbonyl (C=O) groups is 1. The normalized spacial score (nSPS) is 14.7. The lowest BCUT2D eigenvalue weighted by molar-refractivity contribution is -0.150. The van der Waals surface area contributed by atoms with E-state index in [4.69, 9.17) is 9.47 Å². The first-order chi connectivity index (χ1) is 7.10. The van der Waals surface area contributed by atoms with Gasteiger partial charge < -0.3 is 19.5 Å². The predicted molar refractivity (Wildman–Crippen MR) is 56.8 cm³/mol. The average molecular weight is 219 g/mol. The van der Waals surface area contributed by atoms with Crippen LogP contribution in [0.4, 0.5) is 0 Å². The van der Waals surface area contributed by atoms with Gasteiger partial charge in [-0.3, -0.25) is 0 Å². The van der Waals surface area contributed by atoms with Crippen molar-refractivity contribution in [2.45, 2.75) is 18.9 Å². The molecule has 0 saturated heterocycles. The largest absolute Gasteiger partial charge is 0.468 e. The molecule has 0 aliphatic heterocycles. The number of ether oxygens (including phenoxy) is 3. The van der Waals surface area contributed by atoms with Crippen LogP contribution >= 0.6 is 0 Å². The summed E-state index contributed by atoms with van der Waals surface area (Å²) in [5.41, 5.74) is -0.776. The van der Waals surface area contributed by atoms with E-state index in [-0.39, 0.29) is 5.97 Å². The van der Waals surface area contributed by atoms with Gasteiger partial charge in [0, 0.05) is 20.3 Å². The van der Waals surface area contributed by atoms with Crippen LogP contribution in [-0.2, 0) is 19.0 Å². The van der Waals surface area contributed by atoms with Gasteiger partial charge in [0.1, 0.15) is 5.54 Å². The lowest BCUT2D eigenvalue weighted by atomic mass is 10.1. The van der Waals surface area contributed by atoms with Crippen LogP contribution in [0.5, 0.6) is 0 Å². The Labute approximate surface area is 91.1 Å². The Morgan fingerprint density at radius 2 is 2.00 bits per heavy atom. The molecule has 0 aliphatic rings. The highest BCUT2D eigenvalue weighted by Crippen LogP contribution is 2.06. The molecule has 0 bridgehead atoms. The minimum absolute atomic E-state index is 0.292. The predicted octanol–water partition coefficient (Wildman–Crippen LogP) is 0.191. The number of carbonyl (C=O) groups excluding carboxylic acids is 1. The van der Waals surface area contributed by atoms with E-state index in [9.17, 15) is 4.79 Å². The fourth-order valence-corrected chi connectivity index (χ4v) is 1.04. The van der Waals surface area contributed by atoms with Crippen molar-refractivity contribution in [1.29, 1.82) is 0 Å². The zero-order valence-electron chi connectivity index (χ0n) is 9.96. The number of rotatable bonds is 8. The summed E-state index contributed by atoms with van der Waals surface area (Å²) in [6.07, 6.45) is 0.817. The first kappa shape index (κ1) is 14.3. The highest BCUT2D eigenvalue weighted by atomic mass is 16.5. The van der Waals surface area contributed by atoms with E-state index < -0.39 is 5.54 Å². The summed E-state index contributed by atoms with van der Waals surface area (Å²) in [6, 6.07) is 0. The molecule has 15 heavy (non-hydrogen) atoms. The molecule has 0 saturated carbocycles. The molecule has 0 aromatic heterocycles. The van der Waals surface area contributed by atoms with Crippen molar-refractivity contribution in [3.63, 3.8) is 0 Å². The Morgan fingerprint density at radius 3 is 2.47 bits per heavy atom. The molecule has 0 spiro atoms. The van der Waals surface area contributed by atoms with Crippen molar-refractivity contribution >= 4 is 5.97 Å². The third-order valence-corrected chi connectivity index (χ3v) is 2.22. The fourth-order valence-electron chi connectivity index (χ4n) is 1.04. The van der Waals surface area contributed by atoms with Crippen molar-refractivity contribution in [3.05, 3.63) is 0 Å². The topological polar surface area (TPSA) is 56.8 Å². The Kier molecular flexibility index (Phi) is 7.29. The van der Waals surface area contributed by atoms with E-state index in [1.165, 1.54) is 7.11 Å². The summed E-state index contributed by atoms with van der Waals surface area (Å²) in [5.74, 6) is -0.322. The number of hydrogen-bond acceptors (Lipinski definition) is 5. The van der Waals surface area contributed by atoms with E-state index >= 15 is 0 Å². The number of likely N-dealkylation sites (N-methyl/N-ethyl adjacent to an activating group) is 1. The molecule has 0 fully saturated rings. The van der Waals surface area contributed by atoms with Crippen LogP contribution in [-0.4, -0.2) is 52.6 Å². The van der Waals surface area contributed by atoms with Crippen LogP contribution in [0, 0.1) is 0 Å². The summed E-state index contributed by atoms with van der Waals surface area (Å²) in [6.45, 7) is 3.27. The van der Waals surface area contributed by atoms with Crippen LogP contribution < -0.4 is 5.32 Å². The standard InChI is InChI=1S/C10H21NO4/c1-10(11-2,9(12)14-4)8-15-7-5-6-13-3/h11H,5-8H2,1-4H3. The van der Waals surface area contributed by atoms with Crippen molar-refractivity contribution in [3.8, 4) is 0 Å². The minimum Gasteiger partial charge on any atom is -0.468 e. The maximum atomic E-state index is 11.4. The van der Waals surface area contributed by atoms with Gasteiger partial charge >= 0.3 is 5.97 Å². The fraction of sp³-hybridized carbons (Fsp3) is 0.900. The monoisotopic (exact) mass is 219 g/mol. The average Bonchev–Trinajstić information content (AvgIpc) is 2.27. The molecule has 1 unspecified atom stereocenters. The van der Waals surface area contributed by atoms with Gasteiger partial charge in [-0.25, -0.2) is 4.79 Å². The Morgan fingerprint density at radius 1 is 1.33 bits per heavy atom. The van der Waals surface area contributed by atoms with Crippen LogP contribution in [0.15, 0.2) is 0 Å². The number of methoxy groups -OCH3 is 2. The molecule has 90 valence electrons. The number of esters is 1. The maximum Gasteiger partial charge on any atom is 0.328 e. The molecule has 1 atom stereocenters. The smallest absolute Gasteiger partial charge is 0.328 e. The van der Waals surface area contributed by atoms with E-state index in [0.29, 0.717) is 19.8 Å². The summed E-state index contributed by atoms with van der Waals surface area (Å²) in [4.78, 5) is 11.4. The van der Waals surface area contributed by atoms with Crippen LogP contribution in [0.3, 0.4) is 0 Å². The molecule has 0 rings (SSSR count). The summed E-state index contributed by atoms with van der Waals surface area (Å²) in [5, 5.41) is 2.89. The van der Waals surface area contributed by atoms with Gasteiger partial charge in [0.25, 0.3) is 0 Å². The molecular formula is C10H21NO4. The van der Waals surface area contributed by atoms with E-state index in [2.05, 4.69) is 10.1 Å².